The van der Waals surface area contributed by atoms with Gasteiger partial charge in [0.1, 0.15) is 0 Å². The maximum atomic E-state index is 11.2. The highest BCUT2D eigenvalue weighted by molar-refractivity contribution is 7.88. The van der Waals surface area contributed by atoms with Crippen LogP contribution >= 0.6 is 0 Å². The molecule has 0 aliphatic rings. The highest BCUT2D eigenvalue weighted by atomic mass is 32.2. The molecule has 0 unspecified atom stereocenters. The van der Waals surface area contributed by atoms with Crippen molar-refractivity contribution in [3.8, 4) is 0 Å². The molecule has 0 bridgehead atoms. The summed E-state index contributed by atoms with van der Waals surface area (Å²) in [6, 6.07) is 10.0. The third-order valence-electron chi connectivity index (χ3n) is 2.40. The molecule has 0 fully saturated rings. The molecule has 4 nitrogen and oxygen atoms in total. The molecule has 0 heterocycles. The van der Waals surface area contributed by atoms with Gasteiger partial charge in [-0.2, -0.15) is 0 Å². The highest BCUT2D eigenvalue weighted by Crippen LogP contribution is 2.02. The van der Waals surface area contributed by atoms with Crippen LogP contribution in [0.3, 0.4) is 0 Å². The van der Waals surface area contributed by atoms with Crippen molar-refractivity contribution in [3.63, 3.8) is 0 Å². The van der Waals surface area contributed by atoms with Crippen LogP contribution in [-0.4, -0.2) is 33.3 Å². The molecule has 0 amide bonds. The Morgan fingerprint density at radius 3 is 2.42 bits per heavy atom. The first kappa shape index (κ1) is 15.9. The molecule has 0 radical (unpaired) electrons. The van der Waals surface area contributed by atoms with Crippen LogP contribution in [0.25, 0.3) is 6.08 Å². The number of sulfonamides is 1. The molecule has 0 saturated carbocycles. The van der Waals surface area contributed by atoms with E-state index in [0.717, 1.165) is 5.56 Å². The zero-order valence-corrected chi connectivity index (χ0v) is 12.5. The molecule has 5 heteroatoms. The fourth-order valence-electron chi connectivity index (χ4n) is 1.77. The van der Waals surface area contributed by atoms with Crippen molar-refractivity contribution in [1.29, 1.82) is 0 Å². The van der Waals surface area contributed by atoms with Gasteiger partial charge >= 0.3 is 0 Å². The number of nitrogens with one attached hydrogen (secondary N) is 2. The van der Waals surface area contributed by atoms with Gasteiger partial charge in [0.2, 0.25) is 10.0 Å². The fourth-order valence-corrected chi connectivity index (χ4v) is 2.84. The standard InChI is InChI=1S/C14H22N2O2S/c1-14(2,16-19(3,17)18)12-15-11-7-10-13-8-5-4-6-9-13/h4-10,15-16H,11-12H2,1-3H3. The van der Waals surface area contributed by atoms with Gasteiger partial charge in [-0.25, -0.2) is 13.1 Å². The minimum atomic E-state index is -3.18. The second-order valence-corrected chi connectivity index (χ2v) is 6.95. The smallest absolute Gasteiger partial charge is 0.209 e. The summed E-state index contributed by atoms with van der Waals surface area (Å²) in [6.07, 6.45) is 5.22. The zero-order chi connectivity index (χ0) is 14.4. The highest BCUT2D eigenvalue weighted by Gasteiger charge is 2.20. The Labute approximate surface area is 116 Å². The largest absolute Gasteiger partial charge is 0.311 e. The van der Waals surface area contributed by atoms with Crippen LogP contribution in [-0.2, 0) is 10.0 Å². The molecule has 2 N–H and O–H groups in total. The molecule has 1 aromatic rings. The molecule has 19 heavy (non-hydrogen) atoms. The Bertz CT molecular complexity index is 508. The molecule has 0 spiro atoms. The SMILES string of the molecule is CC(C)(CNCC=Cc1ccccc1)NS(C)(=O)=O. The Hall–Kier alpha value is -1.17. The van der Waals surface area contributed by atoms with Crippen LogP contribution in [0.15, 0.2) is 36.4 Å². The number of benzene rings is 1. The molecular formula is C14H22N2O2S. The third-order valence-corrected chi connectivity index (χ3v) is 3.32. The summed E-state index contributed by atoms with van der Waals surface area (Å²) in [4.78, 5) is 0. The average molecular weight is 282 g/mol. The minimum Gasteiger partial charge on any atom is -0.311 e. The van der Waals surface area contributed by atoms with E-state index in [0.29, 0.717) is 13.1 Å². The number of rotatable bonds is 7. The van der Waals surface area contributed by atoms with E-state index in [1.54, 1.807) is 0 Å². The van der Waals surface area contributed by atoms with E-state index in [2.05, 4.69) is 10.0 Å². The van der Waals surface area contributed by atoms with Crippen molar-refractivity contribution in [2.75, 3.05) is 19.3 Å². The zero-order valence-electron chi connectivity index (χ0n) is 11.7. The lowest BCUT2D eigenvalue weighted by Crippen LogP contribution is -2.49. The average Bonchev–Trinajstić information content (AvgIpc) is 2.26. The maximum Gasteiger partial charge on any atom is 0.209 e. The van der Waals surface area contributed by atoms with E-state index >= 15 is 0 Å². The Morgan fingerprint density at radius 2 is 1.84 bits per heavy atom. The van der Waals surface area contributed by atoms with Gasteiger partial charge in [-0.3, -0.25) is 0 Å². The van der Waals surface area contributed by atoms with Crippen molar-refractivity contribution < 1.29 is 8.42 Å². The molecule has 1 aromatic carbocycles. The van der Waals surface area contributed by atoms with Crippen molar-refractivity contribution in [1.82, 2.24) is 10.0 Å². The van der Waals surface area contributed by atoms with Gasteiger partial charge in [-0.15, -0.1) is 0 Å². The molecule has 0 aliphatic heterocycles. The molecule has 106 valence electrons. The Morgan fingerprint density at radius 1 is 1.21 bits per heavy atom. The van der Waals surface area contributed by atoms with Crippen molar-refractivity contribution in [3.05, 3.63) is 42.0 Å². The minimum absolute atomic E-state index is 0.492. The second-order valence-electron chi connectivity index (χ2n) is 5.20. The second kappa shape index (κ2) is 6.84. The summed E-state index contributed by atoms with van der Waals surface area (Å²) in [5.41, 5.74) is 0.659. The van der Waals surface area contributed by atoms with E-state index in [-0.39, 0.29) is 0 Å². The molecule has 1 rings (SSSR count). The summed E-state index contributed by atoms with van der Waals surface area (Å²) < 4.78 is 24.9. The lowest BCUT2D eigenvalue weighted by Gasteiger charge is -2.25. The number of hydrogen-bond acceptors (Lipinski definition) is 3. The van der Waals surface area contributed by atoms with Crippen LogP contribution in [0.4, 0.5) is 0 Å². The van der Waals surface area contributed by atoms with Gasteiger partial charge in [0.25, 0.3) is 0 Å². The topological polar surface area (TPSA) is 58.2 Å². The van der Waals surface area contributed by atoms with Gasteiger partial charge in [-0.1, -0.05) is 42.5 Å². The predicted molar refractivity (Wildman–Crippen MR) is 80.4 cm³/mol. The van der Waals surface area contributed by atoms with Gasteiger partial charge in [0, 0.05) is 18.6 Å². The molecular weight excluding hydrogens is 260 g/mol. The first-order valence-corrected chi connectivity index (χ1v) is 8.09. The van der Waals surface area contributed by atoms with Gasteiger partial charge < -0.3 is 5.32 Å². The van der Waals surface area contributed by atoms with E-state index in [9.17, 15) is 8.42 Å². The first-order chi connectivity index (χ1) is 8.79. The normalized spacial score (nSPS) is 13.0. The Balaban J connectivity index is 2.33. The predicted octanol–water partition coefficient (Wildman–Crippen LogP) is 1.62. The summed E-state index contributed by atoms with van der Waals surface area (Å²) in [5.74, 6) is 0. The van der Waals surface area contributed by atoms with Crippen LogP contribution in [0.2, 0.25) is 0 Å². The van der Waals surface area contributed by atoms with Crippen molar-refractivity contribution in [2.45, 2.75) is 19.4 Å². The quantitative estimate of drug-likeness (QED) is 0.747. The molecule has 0 atom stereocenters. The summed E-state index contributed by atoms with van der Waals surface area (Å²) in [7, 11) is -3.18. The lowest BCUT2D eigenvalue weighted by atomic mass is 10.1. The van der Waals surface area contributed by atoms with Crippen LogP contribution in [0.1, 0.15) is 19.4 Å². The monoisotopic (exact) mass is 282 g/mol. The maximum absolute atomic E-state index is 11.2. The summed E-state index contributed by atoms with van der Waals surface area (Å²) in [5, 5.41) is 3.20. The summed E-state index contributed by atoms with van der Waals surface area (Å²) in [6.45, 7) is 4.97. The lowest BCUT2D eigenvalue weighted by molar-refractivity contribution is 0.430. The van der Waals surface area contributed by atoms with E-state index in [1.165, 1.54) is 6.26 Å². The fraction of sp³-hybridized carbons (Fsp3) is 0.429. The third kappa shape index (κ3) is 7.77. The summed E-state index contributed by atoms with van der Waals surface area (Å²) >= 11 is 0. The first-order valence-electron chi connectivity index (χ1n) is 6.20. The van der Waals surface area contributed by atoms with Gasteiger partial charge in [0.05, 0.1) is 6.26 Å². The van der Waals surface area contributed by atoms with Crippen LogP contribution < -0.4 is 10.0 Å². The van der Waals surface area contributed by atoms with Gasteiger partial charge in [-0.05, 0) is 19.4 Å². The number of hydrogen-bond donors (Lipinski definition) is 2. The van der Waals surface area contributed by atoms with E-state index in [4.69, 9.17) is 0 Å². The van der Waals surface area contributed by atoms with Crippen molar-refractivity contribution in [2.24, 2.45) is 0 Å². The molecule has 0 saturated heterocycles. The van der Waals surface area contributed by atoms with Crippen molar-refractivity contribution >= 4 is 16.1 Å². The van der Waals surface area contributed by atoms with Crippen LogP contribution in [0.5, 0.6) is 0 Å². The Kier molecular flexibility index (Phi) is 5.72. The van der Waals surface area contributed by atoms with Gasteiger partial charge in [0.15, 0.2) is 0 Å². The van der Waals surface area contributed by atoms with Crippen LogP contribution in [0, 0.1) is 0 Å². The van der Waals surface area contributed by atoms with E-state index < -0.39 is 15.6 Å². The van der Waals surface area contributed by atoms with E-state index in [1.807, 2.05) is 56.3 Å². The molecule has 0 aromatic heterocycles. The molecule has 0 aliphatic carbocycles.